The topological polar surface area (TPSA) is 85.3 Å². The third kappa shape index (κ3) is 2.90. The van der Waals surface area contributed by atoms with Crippen LogP contribution < -0.4 is 10.7 Å². The first-order chi connectivity index (χ1) is 12.4. The van der Waals surface area contributed by atoms with E-state index in [1.54, 1.807) is 19.1 Å². The van der Waals surface area contributed by atoms with Crippen LogP contribution in [0.1, 0.15) is 40.7 Å². The summed E-state index contributed by atoms with van der Waals surface area (Å²) in [6.07, 6.45) is 2.68. The molecule has 1 aromatic carbocycles. The summed E-state index contributed by atoms with van der Waals surface area (Å²) >= 11 is 6.06. The molecule has 1 unspecified atom stereocenters. The fourth-order valence-corrected chi connectivity index (χ4v) is 3.40. The van der Waals surface area contributed by atoms with Gasteiger partial charge in [-0.1, -0.05) is 23.7 Å². The SMILES string of the molecule is Cc1cc2oc(C(=O)Nc3onc4c3CC(C)CC4)cc(=O)c2cc1Cl. The van der Waals surface area contributed by atoms with Crippen LogP contribution in [-0.2, 0) is 12.8 Å². The number of nitrogens with one attached hydrogen (secondary N) is 1. The third-order valence-electron chi connectivity index (χ3n) is 4.76. The molecule has 6 nitrogen and oxygen atoms in total. The average Bonchev–Trinajstić information content (AvgIpc) is 2.98. The Balaban J connectivity index is 1.68. The Labute approximate surface area is 154 Å². The maximum absolute atomic E-state index is 12.6. The van der Waals surface area contributed by atoms with Gasteiger partial charge in [-0.05, 0) is 49.8 Å². The minimum atomic E-state index is -0.547. The lowest BCUT2D eigenvalue weighted by Gasteiger charge is -2.16. The van der Waals surface area contributed by atoms with Crippen molar-refractivity contribution in [2.24, 2.45) is 5.92 Å². The second-order valence-corrected chi connectivity index (χ2v) is 7.22. The second-order valence-electron chi connectivity index (χ2n) is 6.81. The van der Waals surface area contributed by atoms with Crippen molar-refractivity contribution >= 4 is 34.4 Å². The molecule has 2 aromatic heterocycles. The van der Waals surface area contributed by atoms with Crippen LogP contribution in [0.3, 0.4) is 0 Å². The van der Waals surface area contributed by atoms with Gasteiger partial charge >= 0.3 is 0 Å². The Kier molecular flexibility index (Phi) is 4.07. The summed E-state index contributed by atoms with van der Waals surface area (Å²) in [4.78, 5) is 24.9. The van der Waals surface area contributed by atoms with E-state index >= 15 is 0 Å². The molecule has 26 heavy (non-hydrogen) atoms. The van der Waals surface area contributed by atoms with E-state index in [1.807, 2.05) is 0 Å². The number of hydrogen-bond acceptors (Lipinski definition) is 5. The number of carbonyl (C=O) groups excluding carboxylic acids is 1. The highest BCUT2D eigenvalue weighted by Gasteiger charge is 2.25. The number of halogens is 1. The summed E-state index contributed by atoms with van der Waals surface area (Å²) in [5.74, 6) is 0.197. The van der Waals surface area contributed by atoms with Crippen LogP contribution in [0.4, 0.5) is 5.88 Å². The van der Waals surface area contributed by atoms with Crippen molar-refractivity contribution in [2.45, 2.75) is 33.1 Å². The number of nitrogens with zero attached hydrogens (tertiary/aromatic N) is 1. The average molecular weight is 373 g/mol. The molecule has 0 saturated carbocycles. The van der Waals surface area contributed by atoms with Crippen molar-refractivity contribution < 1.29 is 13.7 Å². The molecular weight excluding hydrogens is 356 g/mol. The molecule has 0 fully saturated rings. The first-order valence-corrected chi connectivity index (χ1v) is 8.83. The highest BCUT2D eigenvalue weighted by molar-refractivity contribution is 6.32. The van der Waals surface area contributed by atoms with Crippen LogP contribution in [0.15, 0.2) is 31.9 Å². The molecule has 4 rings (SSSR count). The van der Waals surface area contributed by atoms with Crippen LogP contribution in [0.25, 0.3) is 11.0 Å². The van der Waals surface area contributed by atoms with Crippen LogP contribution >= 0.6 is 11.6 Å². The zero-order valence-electron chi connectivity index (χ0n) is 14.4. The first-order valence-electron chi connectivity index (χ1n) is 8.45. The molecule has 1 aliphatic carbocycles. The van der Waals surface area contributed by atoms with Crippen molar-refractivity contribution in [3.05, 3.63) is 56.0 Å². The maximum Gasteiger partial charge on any atom is 0.293 e. The Bertz CT molecular complexity index is 1080. The first kappa shape index (κ1) is 16.8. The van der Waals surface area contributed by atoms with Gasteiger partial charge < -0.3 is 8.94 Å². The number of rotatable bonds is 2. The van der Waals surface area contributed by atoms with Gasteiger partial charge in [-0.25, -0.2) is 0 Å². The third-order valence-corrected chi connectivity index (χ3v) is 5.16. The van der Waals surface area contributed by atoms with Gasteiger partial charge in [-0.3, -0.25) is 14.9 Å². The molecule has 1 atom stereocenters. The van der Waals surface area contributed by atoms with Gasteiger partial charge in [0.25, 0.3) is 5.91 Å². The van der Waals surface area contributed by atoms with E-state index in [-0.39, 0.29) is 11.2 Å². The summed E-state index contributed by atoms with van der Waals surface area (Å²) in [6, 6.07) is 4.36. The van der Waals surface area contributed by atoms with E-state index in [0.717, 1.165) is 42.1 Å². The number of benzene rings is 1. The molecule has 3 aromatic rings. The van der Waals surface area contributed by atoms with Gasteiger partial charge in [-0.2, -0.15) is 0 Å². The lowest BCUT2D eigenvalue weighted by molar-refractivity contribution is 0.0994. The van der Waals surface area contributed by atoms with Crippen LogP contribution in [-0.4, -0.2) is 11.1 Å². The Morgan fingerprint density at radius 1 is 1.35 bits per heavy atom. The van der Waals surface area contributed by atoms with Crippen LogP contribution in [0.5, 0.6) is 0 Å². The van der Waals surface area contributed by atoms with E-state index in [1.165, 1.54) is 0 Å². The number of carbonyl (C=O) groups is 1. The zero-order valence-corrected chi connectivity index (χ0v) is 15.1. The predicted molar refractivity (Wildman–Crippen MR) is 97.9 cm³/mol. The molecule has 1 N–H and O–H groups in total. The number of fused-ring (bicyclic) bond motifs is 2. The summed E-state index contributed by atoms with van der Waals surface area (Å²) in [5.41, 5.74) is 2.55. The van der Waals surface area contributed by atoms with Crippen molar-refractivity contribution in [3.8, 4) is 0 Å². The largest absolute Gasteiger partial charge is 0.451 e. The fraction of sp³-hybridized carbons (Fsp3) is 0.316. The van der Waals surface area contributed by atoms with Gasteiger partial charge in [0, 0.05) is 16.7 Å². The minimum Gasteiger partial charge on any atom is -0.451 e. The smallest absolute Gasteiger partial charge is 0.293 e. The summed E-state index contributed by atoms with van der Waals surface area (Å²) in [7, 11) is 0. The molecule has 7 heteroatoms. The molecular formula is C19H17ClN2O4. The molecule has 134 valence electrons. The highest BCUT2D eigenvalue weighted by atomic mass is 35.5. The summed E-state index contributed by atoms with van der Waals surface area (Å²) < 4.78 is 10.9. The van der Waals surface area contributed by atoms with Crippen molar-refractivity contribution in [1.82, 2.24) is 5.16 Å². The van der Waals surface area contributed by atoms with Crippen molar-refractivity contribution in [2.75, 3.05) is 5.32 Å². The highest BCUT2D eigenvalue weighted by Crippen LogP contribution is 2.31. The van der Waals surface area contributed by atoms with Crippen LogP contribution in [0.2, 0.25) is 5.02 Å². The monoisotopic (exact) mass is 372 g/mol. The van der Waals surface area contributed by atoms with Gasteiger partial charge in [0.2, 0.25) is 5.88 Å². The van der Waals surface area contributed by atoms with E-state index in [9.17, 15) is 9.59 Å². The van der Waals surface area contributed by atoms with Crippen molar-refractivity contribution in [3.63, 3.8) is 0 Å². The van der Waals surface area contributed by atoms with E-state index in [4.69, 9.17) is 20.5 Å². The van der Waals surface area contributed by atoms with E-state index in [2.05, 4.69) is 17.4 Å². The van der Waals surface area contributed by atoms with Gasteiger partial charge in [0.1, 0.15) is 5.58 Å². The van der Waals surface area contributed by atoms with Gasteiger partial charge in [0.05, 0.1) is 11.1 Å². The van der Waals surface area contributed by atoms with E-state index < -0.39 is 5.91 Å². The standard InChI is InChI=1S/C19H17ClN2O4/c1-9-3-4-14-11(5-9)19(26-22-14)21-18(24)17-8-15(23)12-7-13(20)10(2)6-16(12)25-17/h6-9H,3-5H2,1-2H3,(H,21,24). The Hall–Kier alpha value is -2.60. The maximum atomic E-state index is 12.6. The molecule has 1 aliphatic rings. The fourth-order valence-electron chi connectivity index (χ4n) is 3.23. The number of aromatic nitrogens is 1. The normalized spacial score (nSPS) is 16.5. The molecule has 0 bridgehead atoms. The number of hydrogen-bond donors (Lipinski definition) is 1. The Morgan fingerprint density at radius 2 is 2.15 bits per heavy atom. The summed E-state index contributed by atoms with van der Waals surface area (Å²) in [6.45, 7) is 3.95. The number of anilines is 1. The number of amides is 1. The molecule has 2 heterocycles. The minimum absolute atomic E-state index is 0.0850. The van der Waals surface area contributed by atoms with E-state index in [0.29, 0.717) is 27.8 Å². The molecule has 0 saturated heterocycles. The lowest BCUT2D eigenvalue weighted by Crippen LogP contribution is -2.17. The van der Waals surface area contributed by atoms with Gasteiger partial charge in [0.15, 0.2) is 11.2 Å². The van der Waals surface area contributed by atoms with Gasteiger partial charge in [-0.15, -0.1) is 0 Å². The van der Waals surface area contributed by atoms with Crippen LogP contribution in [0, 0.1) is 12.8 Å². The zero-order chi connectivity index (χ0) is 18.4. The second kappa shape index (κ2) is 6.29. The molecule has 1 amide bonds. The summed E-state index contributed by atoms with van der Waals surface area (Å²) in [5, 5.41) is 7.52. The quantitative estimate of drug-likeness (QED) is 0.731. The molecule has 0 spiro atoms. The number of aryl methyl sites for hydroxylation is 2. The Morgan fingerprint density at radius 3 is 2.96 bits per heavy atom. The molecule has 0 radical (unpaired) electrons. The lowest BCUT2D eigenvalue weighted by atomic mass is 9.89. The molecule has 0 aliphatic heterocycles. The van der Waals surface area contributed by atoms with Crippen molar-refractivity contribution in [1.29, 1.82) is 0 Å². The predicted octanol–water partition coefficient (Wildman–Crippen LogP) is 4.12.